The molecule has 0 spiro atoms. The summed E-state index contributed by atoms with van der Waals surface area (Å²) in [6, 6.07) is 7.24. The molecule has 0 aliphatic rings. The van der Waals surface area contributed by atoms with Gasteiger partial charge in [0.25, 0.3) is 0 Å². The summed E-state index contributed by atoms with van der Waals surface area (Å²) in [5.74, 6) is -0.666. The highest BCUT2D eigenvalue weighted by atomic mass is 19.4. The van der Waals surface area contributed by atoms with Crippen LogP contribution in [-0.2, 0) is 4.79 Å². The molecule has 1 atom stereocenters. The van der Waals surface area contributed by atoms with Gasteiger partial charge in [-0.05, 0) is 44.4 Å². The molecule has 1 amide bonds. The predicted octanol–water partition coefficient (Wildman–Crippen LogP) is 3.38. The molecule has 0 aromatic heterocycles. The van der Waals surface area contributed by atoms with Gasteiger partial charge in [-0.1, -0.05) is 12.1 Å². The molecule has 3 N–H and O–H groups in total. The zero-order chi connectivity index (χ0) is 15.4. The van der Waals surface area contributed by atoms with Gasteiger partial charge in [0.05, 0.1) is 0 Å². The second-order valence-corrected chi connectivity index (χ2v) is 5.16. The van der Waals surface area contributed by atoms with Gasteiger partial charge >= 0.3 is 6.18 Å². The number of alkyl halides is 3. The molecule has 6 heteroatoms. The minimum atomic E-state index is -4.22. The standard InChI is InChI=1S/C14H19F3N2O/c1-10-5-3-6-11(9-10)19-13(2,12(18)20)7-4-8-14(15,16)17/h3,5-6,9,19H,4,7-8H2,1-2H3,(H2,18,20). The highest BCUT2D eigenvalue weighted by Gasteiger charge is 2.33. The summed E-state index contributed by atoms with van der Waals surface area (Å²) in [5.41, 5.74) is 5.78. The van der Waals surface area contributed by atoms with Gasteiger partial charge in [0.15, 0.2) is 0 Å². The third-order valence-electron chi connectivity index (χ3n) is 3.12. The Labute approximate surface area is 116 Å². The minimum Gasteiger partial charge on any atom is -0.371 e. The van der Waals surface area contributed by atoms with E-state index in [2.05, 4.69) is 5.32 Å². The first-order chi connectivity index (χ1) is 9.12. The van der Waals surface area contributed by atoms with Crippen LogP contribution in [0, 0.1) is 6.92 Å². The average Bonchev–Trinajstić information content (AvgIpc) is 2.26. The minimum absolute atomic E-state index is 0.0236. The van der Waals surface area contributed by atoms with Crippen LogP contribution in [0.3, 0.4) is 0 Å². The third kappa shape index (κ3) is 5.11. The number of primary amides is 1. The van der Waals surface area contributed by atoms with Gasteiger partial charge in [0.1, 0.15) is 5.54 Å². The molecule has 0 heterocycles. The average molecular weight is 288 g/mol. The Kier molecular flexibility index (Phi) is 5.03. The second kappa shape index (κ2) is 6.15. The molecule has 1 unspecified atom stereocenters. The number of hydrogen-bond donors (Lipinski definition) is 2. The lowest BCUT2D eigenvalue weighted by Gasteiger charge is -2.29. The number of benzene rings is 1. The first kappa shape index (κ1) is 16.3. The van der Waals surface area contributed by atoms with Gasteiger partial charge in [-0.25, -0.2) is 0 Å². The Morgan fingerprint density at radius 3 is 2.45 bits per heavy atom. The number of hydrogen-bond acceptors (Lipinski definition) is 2. The SMILES string of the molecule is Cc1cccc(NC(C)(CCCC(F)(F)F)C(N)=O)c1. The second-order valence-electron chi connectivity index (χ2n) is 5.16. The van der Waals surface area contributed by atoms with Crippen molar-refractivity contribution in [3.63, 3.8) is 0 Å². The number of anilines is 1. The van der Waals surface area contributed by atoms with Gasteiger partial charge in [-0.2, -0.15) is 13.2 Å². The zero-order valence-electron chi connectivity index (χ0n) is 11.6. The van der Waals surface area contributed by atoms with Crippen LogP contribution in [0.15, 0.2) is 24.3 Å². The van der Waals surface area contributed by atoms with Crippen molar-refractivity contribution in [3.05, 3.63) is 29.8 Å². The Morgan fingerprint density at radius 1 is 1.30 bits per heavy atom. The van der Waals surface area contributed by atoms with Crippen molar-refractivity contribution < 1.29 is 18.0 Å². The highest BCUT2D eigenvalue weighted by molar-refractivity contribution is 5.87. The Balaban J connectivity index is 2.74. The number of rotatable bonds is 6. The van der Waals surface area contributed by atoms with E-state index in [-0.39, 0.29) is 12.8 Å². The van der Waals surface area contributed by atoms with Crippen LogP contribution >= 0.6 is 0 Å². The van der Waals surface area contributed by atoms with Crippen molar-refractivity contribution in [3.8, 4) is 0 Å². The number of carbonyl (C=O) groups is 1. The molecule has 0 aliphatic heterocycles. The molecule has 0 radical (unpaired) electrons. The van der Waals surface area contributed by atoms with E-state index >= 15 is 0 Å². The normalized spacial score (nSPS) is 14.7. The van der Waals surface area contributed by atoms with Gasteiger partial charge in [-0.3, -0.25) is 4.79 Å². The van der Waals surface area contributed by atoms with Gasteiger partial charge in [0, 0.05) is 12.1 Å². The molecule has 20 heavy (non-hydrogen) atoms. The van der Waals surface area contributed by atoms with Crippen molar-refractivity contribution >= 4 is 11.6 Å². The summed E-state index contributed by atoms with van der Waals surface area (Å²) >= 11 is 0. The van der Waals surface area contributed by atoms with E-state index in [0.717, 1.165) is 5.56 Å². The van der Waals surface area contributed by atoms with Gasteiger partial charge in [0.2, 0.25) is 5.91 Å². The van der Waals surface area contributed by atoms with Crippen LogP contribution in [0.1, 0.15) is 31.7 Å². The first-order valence-corrected chi connectivity index (χ1v) is 6.34. The molecule has 1 rings (SSSR count). The van der Waals surface area contributed by atoms with E-state index in [4.69, 9.17) is 5.73 Å². The largest absolute Gasteiger partial charge is 0.389 e. The summed E-state index contributed by atoms with van der Waals surface area (Å²) in [5, 5.41) is 2.94. The fraction of sp³-hybridized carbons (Fsp3) is 0.500. The Hall–Kier alpha value is -1.72. The lowest BCUT2D eigenvalue weighted by molar-refractivity contribution is -0.137. The molecule has 1 aromatic rings. The quantitative estimate of drug-likeness (QED) is 0.843. The summed E-state index contributed by atoms with van der Waals surface area (Å²) < 4.78 is 36.5. The lowest BCUT2D eigenvalue weighted by Crippen LogP contribution is -2.48. The van der Waals surface area contributed by atoms with E-state index < -0.39 is 24.0 Å². The maximum atomic E-state index is 12.2. The van der Waals surface area contributed by atoms with E-state index in [1.165, 1.54) is 6.92 Å². The molecule has 0 fully saturated rings. The first-order valence-electron chi connectivity index (χ1n) is 6.34. The van der Waals surface area contributed by atoms with Crippen LogP contribution in [0.5, 0.6) is 0 Å². The Morgan fingerprint density at radius 2 is 1.95 bits per heavy atom. The van der Waals surface area contributed by atoms with E-state index in [9.17, 15) is 18.0 Å². The topological polar surface area (TPSA) is 55.1 Å². The van der Waals surface area contributed by atoms with E-state index in [1.54, 1.807) is 12.1 Å². The van der Waals surface area contributed by atoms with Crippen LogP contribution in [0.4, 0.5) is 18.9 Å². The van der Waals surface area contributed by atoms with Crippen molar-refractivity contribution in [1.29, 1.82) is 0 Å². The molecule has 112 valence electrons. The summed E-state index contributed by atoms with van der Waals surface area (Å²) in [7, 11) is 0. The van der Waals surface area contributed by atoms with Crippen LogP contribution < -0.4 is 11.1 Å². The van der Waals surface area contributed by atoms with Gasteiger partial charge in [-0.15, -0.1) is 0 Å². The Bertz CT molecular complexity index is 474. The van der Waals surface area contributed by atoms with Crippen molar-refractivity contribution in [1.82, 2.24) is 0 Å². The molecule has 0 bridgehead atoms. The molecular weight excluding hydrogens is 269 g/mol. The van der Waals surface area contributed by atoms with E-state index in [0.29, 0.717) is 5.69 Å². The fourth-order valence-electron chi connectivity index (χ4n) is 1.93. The van der Waals surface area contributed by atoms with Crippen molar-refractivity contribution in [2.24, 2.45) is 5.73 Å². The third-order valence-corrected chi connectivity index (χ3v) is 3.12. The number of carbonyl (C=O) groups excluding carboxylic acids is 1. The lowest BCUT2D eigenvalue weighted by atomic mass is 9.93. The van der Waals surface area contributed by atoms with Crippen LogP contribution in [0.2, 0.25) is 0 Å². The van der Waals surface area contributed by atoms with E-state index in [1.807, 2.05) is 19.1 Å². The number of amides is 1. The summed E-state index contributed by atoms with van der Waals surface area (Å²) in [4.78, 5) is 11.5. The zero-order valence-corrected chi connectivity index (χ0v) is 11.6. The smallest absolute Gasteiger partial charge is 0.371 e. The summed E-state index contributed by atoms with van der Waals surface area (Å²) in [6.07, 6.45) is -5.27. The van der Waals surface area contributed by atoms with Crippen molar-refractivity contribution in [2.45, 2.75) is 44.8 Å². The molecule has 0 saturated carbocycles. The highest BCUT2D eigenvalue weighted by Crippen LogP contribution is 2.27. The maximum Gasteiger partial charge on any atom is 0.389 e. The molecular formula is C14H19F3N2O. The number of aryl methyl sites for hydroxylation is 1. The monoisotopic (exact) mass is 288 g/mol. The van der Waals surface area contributed by atoms with Crippen LogP contribution in [0.25, 0.3) is 0 Å². The molecule has 0 aliphatic carbocycles. The number of nitrogens with one attached hydrogen (secondary N) is 1. The molecule has 0 saturated heterocycles. The van der Waals surface area contributed by atoms with Crippen molar-refractivity contribution in [2.75, 3.05) is 5.32 Å². The number of halogens is 3. The molecule has 3 nitrogen and oxygen atoms in total. The maximum absolute atomic E-state index is 12.2. The fourth-order valence-corrected chi connectivity index (χ4v) is 1.93. The predicted molar refractivity (Wildman–Crippen MR) is 72.3 cm³/mol. The van der Waals surface area contributed by atoms with Crippen LogP contribution in [-0.4, -0.2) is 17.6 Å². The number of nitrogens with two attached hydrogens (primary N) is 1. The molecule has 1 aromatic carbocycles. The summed E-state index contributed by atoms with van der Waals surface area (Å²) in [6.45, 7) is 3.41. The van der Waals surface area contributed by atoms with Gasteiger partial charge < -0.3 is 11.1 Å².